The Morgan fingerprint density at radius 2 is 1.28 bits per heavy atom. The molecule has 0 aliphatic rings. The van der Waals surface area contributed by atoms with Gasteiger partial charge in [-0.1, -0.05) is 30.3 Å². The molecule has 15 heteroatoms. The van der Waals surface area contributed by atoms with Gasteiger partial charge in [-0.2, -0.15) is 0 Å². The lowest BCUT2D eigenvalue weighted by molar-refractivity contribution is -0.148. The average molecular weight is 598 g/mol. The van der Waals surface area contributed by atoms with Crippen molar-refractivity contribution in [3.05, 3.63) is 65.9 Å². The van der Waals surface area contributed by atoms with Crippen LogP contribution in [-0.4, -0.2) is 85.2 Å². The van der Waals surface area contributed by atoms with Crippen molar-refractivity contribution in [1.82, 2.24) is 20.9 Å². The van der Waals surface area contributed by atoms with E-state index in [1.54, 1.807) is 42.6 Å². The number of nitrogens with one attached hydrogen (secondary N) is 4. The van der Waals surface area contributed by atoms with E-state index in [1.807, 2.05) is 5.32 Å². The van der Waals surface area contributed by atoms with Crippen molar-refractivity contribution in [2.75, 3.05) is 0 Å². The molecule has 0 saturated heterocycles. The number of hydrogen-bond acceptors (Lipinski definition) is 8. The molecule has 1 heterocycles. The Balaban J connectivity index is 1.84. The first kappa shape index (κ1) is 32.1. The fraction of sp³-hybridized carbons (Fsp3) is 0.286. The fourth-order valence-corrected chi connectivity index (χ4v) is 4.29. The Bertz CT molecular complexity index is 1500. The molecule has 3 amide bonds. The number of aromatic amines is 1. The molecule has 2 aromatic carbocycles. The summed E-state index contributed by atoms with van der Waals surface area (Å²) in [5, 5.41) is 44.4. The molecule has 0 spiro atoms. The minimum Gasteiger partial charge on any atom is -0.508 e. The van der Waals surface area contributed by atoms with Crippen LogP contribution in [0.3, 0.4) is 0 Å². The first-order valence-electron chi connectivity index (χ1n) is 13.0. The second-order valence-electron chi connectivity index (χ2n) is 9.76. The molecule has 3 rings (SSSR count). The van der Waals surface area contributed by atoms with Gasteiger partial charge in [-0.15, -0.1) is 0 Å². The first-order valence-corrected chi connectivity index (χ1v) is 13.0. The number of aromatic hydroxyl groups is 1. The largest absolute Gasteiger partial charge is 0.508 e. The molecule has 1 aromatic heterocycles. The van der Waals surface area contributed by atoms with Crippen LogP contribution in [0.1, 0.15) is 24.0 Å². The van der Waals surface area contributed by atoms with E-state index in [1.165, 1.54) is 12.1 Å². The van der Waals surface area contributed by atoms with Gasteiger partial charge in [0.25, 0.3) is 0 Å². The van der Waals surface area contributed by atoms with Gasteiger partial charge in [0.2, 0.25) is 17.7 Å². The van der Waals surface area contributed by atoms with Crippen LogP contribution in [0, 0.1) is 0 Å². The number of carbonyl (C=O) groups is 6. The molecule has 0 saturated carbocycles. The first-order chi connectivity index (χ1) is 20.3. The van der Waals surface area contributed by atoms with E-state index in [-0.39, 0.29) is 18.6 Å². The minimum atomic E-state index is -1.89. The predicted molar refractivity (Wildman–Crippen MR) is 150 cm³/mol. The molecule has 0 aliphatic carbocycles. The Hall–Kier alpha value is -5.44. The zero-order chi connectivity index (χ0) is 31.7. The van der Waals surface area contributed by atoms with Crippen LogP contribution < -0.4 is 21.7 Å². The van der Waals surface area contributed by atoms with Crippen LogP contribution in [-0.2, 0) is 41.6 Å². The molecule has 0 bridgehead atoms. The van der Waals surface area contributed by atoms with E-state index in [0.29, 0.717) is 11.1 Å². The highest BCUT2D eigenvalue weighted by atomic mass is 16.4. The van der Waals surface area contributed by atoms with Crippen molar-refractivity contribution >= 4 is 46.5 Å². The summed E-state index contributed by atoms with van der Waals surface area (Å²) in [5.41, 5.74) is 8.06. The molecule has 0 fully saturated rings. The van der Waals surface area contributed by atoms with E-state index in [4.69, 9.17) is 10.8 Å². The SMILES string of the molecule is NC(Cc1ccc(O)cc1)C(=O)NC(Cc1c[nH]c2ccccc12)C(=O)NC(CC(=O)O)C(=O)NC(CC(=O)O)C(=O)O. The average Bonchev–Trinajstić information content (AvgIpc) is 3.35. The van der Waals surface area contributed by atoms with Gasteiger partial charge in [-0.3, -0.25) is 24.0 Å². The van der Waals surface area contributed by atoms with Crippen molar-refractivity contribution < 1.29 is 49.2 Å². The number of amides is 3. The van der Waals surface area contributed by atoms with E-state index in [0.717, 1.165) is 10.9 Å². The number of H-pyrrole nitrogens is 1. The van der Waals surface area contributed by atoms with Gasteiger partial charge < -0.3 is 47.1 Å². The van der Waals surface area contributed by atoms with Crippen LogP contribution in [0.25, 0.3) is 10.9 Å². The topological polar surface area (TPSA) is 261 Å². The summed E-state index contributed by atoms with van der Waals surface area (Å²) < 4.78 is 0. The molecule has 3 aromatic rings. The van der Waals surface area contributed by atoms with Gasteiger partial charge in [0.15, 0.2) is 0 Å². The molecule has 0 aliphatic heterocycles. The van der Waals surface area contributed by atoms with E-state index in [2.05, 4.69) is 15.6 Å². The van der Waals surface area contributed by atoms with Gasteiger partial charge in [-0.25, -0.2) is 4.79 Å². The van der Waals surface area contributed by atoms with Crippen LogP contribution in [0.5, 0.6) is 5.75 Å². The Labute approximate surface area is 244 Å². The highest BCUT2D eigenvalue weighted by molar-refractivity contribution is 5.96. The lowest BCUT2D eigenvalue weighted by Gasteiger charge is -2.24. The third-order valence-corrected chi connectivity index (χ3v) is 6.47. The van der Waals surface area contributed by atoms with E-state index in [9.17, 15) is 44.1 Å². The lowest BCUT2D eigenvalue weighted by Crippen LogP contribution is -2.58. The van der Waals surface area contributed by atoms with Crippen molar-refractivity contribution in [2.24, 2.45) is 5.73 Å². The number of phenolic OH excluding ortho intramolecular Hbond substituents is 1. The van der Waals surface area contributed by atoms with Gasteiger partial charge in [0.1, 0.15) is 23.9 Å². The molecular formula is C28H31N5O10. The zero-order valence-corrected chi connectivity index (χ0v) is 22.6. The summed E-state index contributed by atoms with van der Waals surface area (Å²) in [7, 11) is 0. The summed E-state index contributed by atoms with van der Waals surface area (Å²) >= 11 is 0. The third-order valence-electron chi connectivity index (χ3n) is 6.47. The third kappa shape index (κ3) is 9.29. The molecule has 4 atom stereocenters. The standard InChI is InChI=1S/C28H31N5O10/c29-18(9-14-5-7-16(34)8-6-14)25(39)31-20(10-15-13-30-19-4-2-1-3-17(15)19)26(40)32-21(11-23(35)36)27(41)33-22(28(42)43)12-24(37)38/h1-8,13,18,20-22,30,34H,9-12,29H2,(H,31,39)(H,32,40)(H,33,41)(H,35,36)(H,37,38)(H,42,43). The zero-order valence-electron chi connectivity index (χ0n) is 22.6. The van der Waals surface area contributed by atoms with Gasteiger partial charge in [-0.05, 0) is 35.7 Å². The normalized spacial score (nSPS) is 13.7. The number of phenols is 1. The number of para-hydroxylation sites is 1. The maximum atomic E-state index is 13.5. The second kappa shape index (κ2) is 14.5. The number of carboxylic acids is 3. The van der Waals surface area contributed by atoms with Gasteiger partial charge in [0, 0.05) is 23.5 Å². The number of aliphatic carboxylic acids is 3. The number of benzene rings is 2. The second-order valence-corrected chi connectivity index (χ2v) is 9.76. The summed E-state index contributed by atoms with van der Waals surface area (Å²) in [4.78, 5) is 76.3. The minimum absolute atomic E-state index is 0.0230. The van der Waals surface area contributed by atoms with Gasteiger partial charge >= 0.3 is 17.9 Å². The fourth-order valence-electron chi connectivity index (χ4n) is 4.29. The van der Waals surface area contributed by atoms with Crippen molar-refractivity contribution in [2.45, 2.75) is 49.9 Å². The van der Waals surface area contributed by atoms with E-state index < -0.39 is 72.6 Å². The smallest absolute Gasteiger partial charge is 0.326 e. The highest BCUT2D eigenvalue weighted by Gasteiger charge is 2.32. The Kier molecular flexibility index (Phi) is 10.8. The molecule has 43 heavy (non-hydrogen) atoms. The predicted octanol–water partition coefficient (Wildman–Crippen LogP) is -0.526. The monoisotopic (exact) mass is 597 g/mol. The molecule has 15 nitrogen and oxygen atoms in total. The number of hydrogen-bond donors (Lipinski definition) is 9. The molecule has 10 N–H and O–H groups in total. The van der Waals surface area contributed by atoms with Gasteiger partial charge in [0.05, 0.1) is 18.9 Å². The quantitative estimate of drug-likeness (QED) is 0.108. The Morgan fingerprint density at radius 3 is 1.91 bits per heavy atom. The van der Waals surface area contributed by atoms with E-state index >= 15 is 0 Å². The van der Waals surface area contributed by atoms with Crippen LogP contribution in [0.4, 0.5) is 0 Å². The number of nitrogens with two attached hydrogens (primary N) is 1. The van der Waals surface area contributed by atoms with Crippen molar-refractivity contribution in [3.63, 3.8) is 0 Å². The molecule has 4 unspecified atom stereocenters. The summed E-state index contributed by atoms with van der Waals surface area (Å²) in [5.74, 6) is -7.65. The van der Waals surface area contributed by atoms with Crippen molar-refractivity contribution in [3.8, 4) is 5.75 Å². The van der Waals surface area contributed by atoms with Crippen LogP contribution >= 0.6 is 0 Å². The van der Waals surface area contributed by atoms with Crippen LogP contribution in [0.2, 0.25) is 0 Å². The highest BCUT2D eigenvalue weighted by Crippen LogP contribution is 2.19. The molecular weight excluding hydrogens is 566 g/mol. The Morgan fingerprint density at radius 1 is 0.721 bits per heavy atom. The van der Waals surface area contributed by atoms with Crippen molar-refractivity contribution in [1.29, 1.82) is 0 Å². The maximum Gasteiger partial charge on any atom is 0.326 e. The number of carboxylic acid groups (broad SMARTS) is 3. The maximum absolute atomic E-state index is 13.5. The number of fused-ring (bicyclic) bond motifs is 1. The summed E-state index contributed by atoms with van der Waals surface area (Å²) in [6.07, 6.45) is -0.389. The number of aromatic nitrogens is 1. The number of carbonyl (C=O) groups excluding carboxylic acids is 3. The summed E-state index contributed by atoms with van der Waals surface area (Å²) in [6, 6.07) is 6.93. The lowest BCUT2D eigenvalue weighted by atomic mass is 10.0. The number of rotatable bonds is 15. The molecule has 228 valence electrons. The van der Waals surface area contributed by atoms with Crippen LogP contribution in [0.15, 0.2) is 54.7 Å². The summed E-state index contributed by atoms with van der Waals surface area (Å²) in [6.45, 7) is 0. The molecule has 0 radical (unpaired) electrons.